The molecular weight excluding hydrogens is 558 g/mol. The third kappa shape index (κ3) is 11.7. The normalized spacial score (nSPS) is 18.2. The van der Waals surface area contributed by atoms with E-state index in [9.17, 15) is 9.59 Å². The zero-order chi connectivity index (χ0) is 30.2. The van der Waals surface area contributed by atoms with Crippen LogP contribution >= 0.6 is 23.1 Å². The largest absolute Gasteiger partial charge is 0.411 e. The molecule has 224 valence electrons. The van der Waals surface area contributed by atoms with Gasteiger partial charge in [0, 0.05) is 57.2 Å². The predicted octanol–water partition coefficient (Wildman–Crippen LogP) is 5.72. The zero-order valence-corrected chi connectivity index (χ0v) is 26.4. The number of pyridine rings is 1. The first-order valence-electron chi connectivity index (χ1n) is 13.8. The Morgan fingerprint density at radius 3 is 2.51 bits per heavy atom. The molecule has 0 radical (unpaired) electrons. The molecule has 2 fully saturated rings. The van der Waals surface area contributed by atoms with Crippen molar-refractivity contribution >= 4 is 59.2 Å². The Bertz CT molecular complexity index is 1180. The maximum absolute atomic E-state index is 10.6. The van der Waals surface area contributed by atoms with Crippen molar-refractivity contribution in [2.24, 2.45) is 10.1 Å². The summed E-state index contributed by atoms with van der Waals surface area (Å²) < 4.78 is 0. The second kappa shape index (κ2) is 18.4. The number of likely N-dealkylation sites (tertiary alicyclic amines) is 2. The highest BCUT2D eigenvalue weighted by atomic mass is 32.2. The number of aliphatic imine (C=N–C) groups is 1. The summed E-state index contributed by atoms with van der Waals surface area (Å²) in [6, 6.07) is 4.08. The monoisotopic (exact) mass is 601 g/mol. The standard InChI is InChI=1S/C15H16N4OS2.C8H16N2O.C6H11NO/c1-10-15(22-11(2)19-10)13(16-3)8-21-9-18-14-5-4-12(7-20)6-17-14;1-3-8-6-7(9-11)4-5-10(8)2;1-6(8)7-4-2-3-5-7/h4-8H,3,9H2,1-2H3,(H,17,18);8,11H,3-6H2,1-2H3;2-5H2,1H3/b13-8-;9-7+;/t;8-;/m.0./s1. The maximum Gasteiger partial charge on any atom is 0.219 e. The van der Waals surface area contributed by atoms with Crippen molar-refractivity contribution in [2.45, 2.75) is 65.8 Å². The molecule has 1 amide bonds. The van der Waals surface area contributed by atoms with Gasteiger partial charge in [0.1, 0.15) is 5.82 Å². The summed E-state index contributed by atoms with van der Waals surface area (Å²) in [5.74, 6) is 1.59. The molecular formula is C29H43N7O3S2. The van der Waals surface area contributed by atoms with Crippen LogP contribution in [0.2, 0.25) is 0 Å². The highest BCUT2D eigenvalue weighted by Gasteiger charge is 2.21. The molecule has 2 saturated heterocycles. The number of carbonyl (C=O) groups is 2. The van der Waals surface area contributed by atoms with E-state index in [-0.39, 0.29) is 5.91 Å². The molecule has 4 heterocycles. The summed E-state index contributed by atoms with van der Waals surface area (Å²) in [6.45, 7) is 14.4. The number of amides is 1. The van der Waals surface area contributed by atoms with Crippen LogP contribution in [0, 0.1) is 13.8 Å². The lowest BCUT2D eigenvalue weighted by Crippen LogP contribution is -2.39. The number of nitrogens with zero attached hydrogens (tertiary/aromatic N) is 6. The van der Waals surface area contributed by atoms with E-state index in [4.69, 9.17) is 5.21 Å². The minimum atomic E-state index is 0.225. The first-order chi connectivity index (χ1) is 19.7. The minimum absolute atomic E-state index is 0.225. The molecule has 0 aromatic carbocycles. The second-order valence-corrected chi connectivity index (χ2v) is 11.8. The van der Waals surface area contributed by atoms with Crippen molar-refractivity contribution in [2.75, 3.05) is 37.9 Å². The van der Waals surface area contributed by atoms with Gasteiger partial charge in [-0.15, -0.1) is 23.1 Å². The molecule has 0 bridgehead atoms. The Labute approximate surface area is 252 Å². The van der Waals surface area contributed by atoms with E-state index >= 15 is 0 Å². The Morgan fingerprint density at radius 2 is 2.02 bits per heavy atom. The van der Waals surface area contributed by atoms with Gasteiger partial charge in [-0.05, 0) is 64.4 Å². The van der Waals surface area contributed by atoms with Gasteiger partial charge < -0.3 is 20.3 Å². The molecule has 0 unspecified atom stereocenters. The Hall–Kier alpha value is -3.09. The predicted molar refractivity (Wildman–Crippen MR) is 171 cm³/mol. The van der Waals surface area contributed by atoms with Crippen LogP contribution in [0.4, 0.5) is 5.82 Å². The number of aldehydes is 1. The molecule has 12 heteroatoms. The summed E-state index contributed by atoms with van der Waals surface area (Å²) in [4.78, 5) is 39.0. The number of rotatable bonds is 8. The van der Waals surface area contributed by atoms with Gasteiger partial charge in [0.15, 0.2) is 6.29 Å². The Kier molecular flexibility index (Phi) is 15.3. The quantitative estimate of drug-likeness (QED) is 0.0984. The highest BCUT2D eigenvalue weighted by Crippen LogP contribution is 2.28. The van der Waals surface area contributed by atoms with Gasteiger partial charge in [0.05, 0.1) is 32.9 Å². The Morgan fingerprint density at radius 1 is 1.29 bits per heavy atom. The van der Waals surface area contributed by atoms with Crippen molar-refractivity contribution in [1.82, 2.24) is 19.8 Å². The number of hydrogen-bond donors (Lipinski definition) is 2. The van der Waals surface area contributed by atoms with Crippen LogP contribution in [0.5, 0.6) is 0 Å². The molecule has 2 aliphatic rings. The van der Waals surface area contributed by atoms with E-state index in [1.807, 2.05) is 24.2 Å². The van der Waals surface area contributed by atoms with E-state index in [1.54, 1.807) is 42.2 Å². The average Bonchev–Trinajstić information content (AvgIpc) is 3.64. The lowest BCUT2D eigenvalue weighted by Gasteiger charge is -2.31. The van der Waals surface area contributed by atoms with Crippen LogP contribution in [-0.2, 0) is 4.79 Å². The van der Waals surface area contributed by atoms with E-state index in [1.165, 1.54) is 19.0 Å². The Balaban J connectivity index is 0.000000255. The van der Waals surface area contributed by atoms with Crippen molar-refractivity contribution in [3.63, 3.8) is 0 Å². The van der Waals surface area contributed by atoms with Gasteiger partial charge >= 0.3 is 0 Å². The van der Waals surface area contributed by atoms with Gasteiger partial charge in [0.2, 0.25) is 5.91 Å². The maximum atomic E-state index is 10.6. The van der Waals surface area contributed by atoms with Crippen molar-refractivity contribution in [3.8, 4) is 0 Å². The summed E-state index contributed by atoms with van der Waals surface area (Å²) in [7, 11) is 2.13. The molecule has 4 rings (SSSR count). The first-order valence-corrected chi connectivity index (χ1v) is 15.6. The number of anilines is 1. The minimum Gasteiger partial charge on any atom is -0.411 e. The molecule has 0 saturated carbocycles. The number of aromatic nitrogens is 2. The van der Waals surface area contributed by atoms with Crippen LogP contribution in [0.1, 0.15) is 71.9 Å². The summed E-state index contributed by atoms with van der Waals surface area (Å²) >= 11 is 3.18. The molecule has 2 aliphatic heterocycles. The summed E-state index contributed by atoms with van der Waals surface area (Å²) in [5, 5.41) is 18.0. The third-order valence-corrected chi connectivity index (χ3v) is 8.57. The molecule has 1 atom stereocenters. The second-order valence-electron chi connectivity index (χ2n) is 9.77. The van der Waals surface area contributed by atoms with Gasteiger partial charge in [-0.2, -0.15) is 0 Å². The average molecular weight is 602 g/mol. The fourth-order valence-corrected chi connectivity index (χ4v) is 5.98. The number of aryl methyl sites for hydroxylation is 2. The smallest absolute Gasteiger partial charge is 0.219 e. The molecule has 2 aromatic heterocycles. The van der Waals surface area contributed by atoms with E-state index in [2.05, 4.69) is 51.0 Å². The molecule has 2 aromatic rings. The number of thiazole rings is 1. The van der Waals surface area contributed by atoms with Gasteiger partial charge in [-0.1, -0.05) is 12.1 Å². The number of hydrogen-bond acceptors (Lipinski definition) is 11. The number of carbonyl (C=O) groups excluding carboxylic acids is 2. The molecule has 10 nitrogen and oxygen atoms in total. The zero-order valence-electron chi connectivity index (χ0n) is 24.8. The lowest BCUT2D eigenvalue weighted by molar-refractivity contribution is -0.127. The van der Waals surface area contributed by atoms with E-state index in [0.29, 0.717) is 17.5 Å². The molecule has 0 spiro atoms. The van der Waals surface area contributed by atoms with Crippen molar-refractivity contribution in [3.05, 3.63) is 44.9 Å². The first kappa shape index (κ1) is 34.1. The number of oxime groups is 1. The van der Waals surface area contributed by atoms with Crippen LogP contribution < -0.4 is 5.32 Å². The van der Waals surface area contributed by atoms with Crippen LogP contribution in [0.3, 0.4) is 0 Å². The van der Waals surface area contributed by atoms with Crippen LogP contribution in [0.25, 0.3) is 5.70 Å². The fraction of sp³-hybridized carbons (Fsp3) is 0.517. The SMILES string of the molecule is C=N/C(=C\SCNc1ccc(C=O)cn1)c1sc(C)nc1C.CC(=O)N1CCCC1.CC[C@H]1C/C(=N/O)CCN1C. The van der Waals surface area contributed by atoms with Crippen LogP contribution in [0.15, 0.2) is 33.9 Å². The molecule has 2 N–H and O–H groups in total. The van der Waals surface area contributed by atoms with E-state index < -0.39 is 0 Å². The van der Waals surface area contributed by atoms with E-state index in [0.717, 1.165) is 78.0 Å². The topological polar surface area (TPSA) is 123 Å². The molecule has 41 heavy (non-hydrogen) atoms. The summed E-state index contributed by atoms with van der Waals surface area (Å²) in [6.07, 6.45) is 7.69. The lowest BCUT2D eigenvalue weighted by atomic mass is 9.99. The highest BCUT2D eigenvalue weighted by molar-refractivity contribution is 8.02. The summed E-state index contributed by atoms with van der Waals surface area (Å²) in [5.41, 5.74) is 3.32. The van der Waals surface area contributed by atoms with Gasteiger partial charge in [-0.3, -0.25) is 14.6 Å². The van der Waals surface area contributed by atoms with Crippen LogP contribution in [-0.4, -0.2) is 88.2 Å². The number of nitrogens with one attached hydrogen (secondary N) is 1. The van der Waals surface area contributed by atoms with Crippen molar-refractivity contribution < 1.29 is 14.8 Å². The molecule has 0 aliphatic carbocycles. The number of thioether (sulfide) groups is 1. The van der Waals surface area contributed by atoms with Gasteiger partial charge in [-0.25, -0.2) is 9.97 Å². The van der Waals surface area contributed by atoms with Gasteiger partial charge in [0.25, 0.3) is 0 Å². The number of piperidine rings is 1. The third-order valence-electron chi connectivity index (χ3n) is 6.77. The van der Waals surface area contributed by atoms with Crippen molar-refractivity contribution in [1.29, 1.82) is 0 Å². The fourth-order valence-electron chi connectivity index (χ4n) is 4.34.